The number of carbonyl (C=O) groups excluding carboxylic acids is 2. The van der Waals surface area contributed by atoms with Crippen molar-refractivity contribution in [3.05, 3.63) is 30.1 Å². The van der Waals surface area contributed by atoms with Crippen LogP contribution in [-0.2, 0) is 4.79 Å². The lowest BCUT2D eigenvalue weighted by Crippen LogP contribution is -2.57. The zero-order valence-corrected chi connectivity index (χ0v) is 17.3. The Hall–Kier alpha value is -1.95. The van der Waals surface area contributed by atoms with E-state index in [9.17, 15) is 9.59 Å². The first-order valence-electron chi connectivity index (χ1n) is 10.7. The molecule has 0 N–H and O–H groups in total. The molecule has 4 heterocycles. The molecule has 1 aromatic rings. The Morgan fingerprint density at radius 3 is 2.50 bits per heavy atom. The lowest BCUT2D eigenvalue weighted by atomic mass is 9.74. The lowest BCUT2D eigenvalue weighted by Gasteiger charge is -2.48. The van der Waals surface area contributed by atoms with Gasteiger partial charge in [0.05, 0.1) is 11.5 Å². The molecular formula is C22H32N4O2. The van der Waals surface area contributed by atoms with Crippen LogP contribution in [0.5, 0.6) is 0 Å². The van der Waals surface area contributed by atoms with E-state index >= 15 is 0 Å². The summed E-state index contributed by atoms with van der Waals surface area (Å²) in [6.07, 6.45) is 5.11. The zero-order chi connectivity index (χ0) is 19.9. The van der Waals surface area contributed by atoms with Gasteiger partial charge in [0.2, 0.25) is 5.91 Å². The summed E-state index contributed by atoms with van der Waals surface area (Å²) in [5.74, 6) is 1.58. The van der Waals surface area contributed by atoms with Crippen molar-refractivity contribution >= 4 is 11.8 Å². The minimum absolute atomic E-state index is 0.0722. The maximum absolute atomic E-state index is 13.2. The van der Waals surface area contributed by atoms with Crippen LogP contribution in [0.1, 0.15) is 44.0 Å². The molecule has 28 heavy (non-hydrogen) atoms. The van der Waals surface area contributed by atoms with Crippen molar-refractivity contribution in [2.45, 2.75) is 39.2 Å². The molecule has 1 aromatic heterocycles. The number of hydrogen-bond donors (Lipinski definition) is 0. The van der Waals surface area contributed by atoms with E-state index in [1.807, 2.05) is 4.90 Å². The third kappa shape index (κ3) is 3.11. The highest BCUT2D eigenvalue weighted by Gasteiger charge is 2.61. The van der Waals surface area contributed by atoms with Crippen LogP contribution >= 0.6 is 0 Å². The molecule has 6 heteroatoms. The number of nitrogens with zero attached hydrogens (tertiary/aromatic N) is 4. The SMILES string of the molecule is CCN1C(=O)[C@H]2CN(CC(C)C)C[C@H]2C12CCN(C(=O)c1ccncc1)CC2. The van der Waals surface area contributed by atoms with Crippen LogP contribution in [0.4, 0.5) is 0 Å². The lowest BCUT2D eigenvalue weighted by molar-refractivity contribution is -0.135. The number of hydrogen-bond acceptors (Lipinski definition) is 4. The molecule has 3 saturated heterocycles. The fraction of sp³-hybridized carbons (Fsp3) is 0.682. The third-order valence-electron chi connectivity index (χ3n) is 6.99. The number of aromatic nitrogens is 1. The second-order valence-electron chi connectivity index (χ2n) is 9.04. The van der Waals surface area contributed by atoms with Gasteiger partial charge in [-0.1, -0.05) is 13.8 Å². The number of amides is 2. The molecule has 3 fully saturated rings. The second kappa shape index (κ2) is 7.47. The van der Waals surface area contributed by atoms with Gasteiger partial charge in [-0.05, 0) is 37.8 Å². The molecule has 0 unspecified atom stereocenters. The van der Waals surface area contributed by atoms with Gasteiger partial charge < -0.3 is 14.7 Å². The van der Waals surface area contributed by atoms with E-state index in [2.05, 4.69) is 35.6 Å². The maximum Gasteiger partial charge on any atom is 0.253 e. The number of pyridine rings is 1. The largest absolute Gasteiger partial charge is 0.338 e. The van der Waals surface area contributed by atoms with Crippen LogP contribution in [0.2, 0.25) is 0 Å². The van der Waals surface area contributed by atoms with E-state index in [4.69, 9.17) is 0 Å². The van der Waals surface area contributed by atoms with Gasteiger partial charge in [-0.25, -0.2) is 0 Å². The summed E-state index contributed by atoms with van der Waals surface area (Å²) < 4.78 is 0. The Morgan fingerprint density at radius 2 is 1.89 bits per heavy atom. The molecule has 0 saturated carbocycles. The van der Waals surface area contributed by atoms with Gasteiger partial charge >= 0.3 is 0 Å². The molecule has 0 bridgehead atoms. The van der Waals surface area contributed by atoms with Crippen molar-refractivity contribution < 1.29 is 9.59 Å². The Balaban J connectivity index is 1.50. The third-order valence-corrected chi connectivity index (χ3v) is 6.99. The first kappa shape index (κ1) is 19.4. The van der Waals surface area contributed by atoms with Gasteiger partial charge in [0.15, 0.2) is 0 Å². The Labute approximate surface area is 167 Å². The van der Waals surface area contributed by atoms with Gasteiger partial charge in [0, 0.05) is 63.1 Å². The van der Waals surface area contributed by atoms with Gasteiger partial charge in [0.1, 0.15) is 0 Å². The molecule has 2 amide bonds. The molecule has 2 atom stereocenters. The molecule has 0 radical (unpaired) electrons. The van der Waals surface area contributed by atoms with Crippen LogP contribution in [0.25, 0.3) is 0 Å². The van der Waals surface area contributed by atoms with Crippen LogP contribution in [0, 0.1) is 17.8 Å². The maximum atomic E-state index is 13.2. The molecule has 3 aliphatic rings. The monoisotopic (exact) mass is 384 g/mol. The van der Waals surface area contributed by atoms with Crippen molar-refractivity contribution in [2.75, 3.05) is 39.3 Å². The minimum Gasteiger partial charge on any atom is -0.338 e. The van der Waals surface area contributed by atoms with Crippen LogP contribution in [0.15, 0.2) is 24.5 Å². The second-order valence-corrected chi connectivity index (χ2v) is 9.04. The van der Waals surface area contributed by atoms with E-state index in [0.717, 1.165) is 52.1 Å². The fourth-order valence-electron chi connectivity index (χ4n) is 5.85. The van der Waals surface area contributed by atoms with Gasteiger partial charge in [-0.3, -0.25) is 14.6 Å². The first-order valence-corrected chi connectivity index (χ1v) is 10.7. The number of rotatable bonds is 4. The molecular weight excluding hydrogens is 352 g/mol. The predicted octanol–water partition coefficient (Wildman–Crippen LogP) is 2.12. The van der Waals surface area contributed by atoms with Crippen molar-refractivity contribution in [3.63, 3.8) is 0 Å². The van der Waals surface area contributed by atoms with E-state index in [-0.39, 0.29) is 17.4 Å². The van der Waals surface area contributed by atoms with Crippen molar-refractivity contribution in [2.24, 2.45) is 17.8 Å². The summed E-state index contributed by atoms with van der Waals surface area (Å²) in [6, 6.07) is 3.56. The molecule has 1 spiro atoms. The average Bonchev–Trinajstić information content (AvgIpc) is 3.20. The summed E-state index contributed by atoms with van der Waals surface area (Å²) in [7, 11) is 0. The van der Waals surface area contributed by atoms with Crippen molar-refractivity contribution in [1.82, 2.24) is 19.7 Å². The highest BCUT2D eigenvalue weighted by Crippen LogP contribution is 2.49. The summed E-state index contributed by atoms with van der Waals surface area (Å²) in [5.41, 5.74) is 0.625. The Morgan fingerprint density at radius 1 is 1.21 bits per heavy atom. The number of fused-ring (bicyclic) bond motifs is 2. The van der Waals surface area contributed by atoms with Crippen LogP contribution in [-0.4, -0.2) is 76.3 Å². The average molecular weight is 385 g/mol. The molecule has 0 aliphatic carbocycles. The number of likely N-dealkylation sites (tertiary alicyclic amines) is 3. The van der Waals surface area contributed by atoms with Crippen LogP contribution < -0.4 is 0 Å². The predicted molar refractivity (Wildman–Crippen MR) is 108 cm³/mol. The Kier molecular flexibility index (Phi) is 5.17. The molecule has 3 aliphatic heterocycles. The molecule has 6 nitrogen and oxygen atoms in total. The quantitative estimate of drug-likeness (QED) is 0.798. The summed E-state index contributed by atoms with van der Waals surface area (Å²) in [4.78, 5) is 36.6. The van der Waals surface area contributed by atoms with E-state index in [1.54, 1.807) is 24.5 Å². The van der Waals surface area contributed by atoms with Gasteiger partial charge in [0.25, 0.3) is 5.91 Å². The summed E-state index contributed by atoms with van der Waals surface area (Å²) >= 11 is 0. The number of piperidine rings is 1. The number of carbonyl (C=O) groups is 2. The fourth-order valence-corrected chi connectivity index (χ4v) is 5.85. The minimum atomic E-state index is -0.0722. The van der Waals surface area contributed by atoms with Gasteiger partial charge in [-0.2, -0.15) is 0 Å². The zero-order valence-electron chi connectivity index (χ0n) is 17.3. The standard InChI is InChI=1S/C22H32N4O2/c1-4-26-21(28)18-14-24(13-16(2)3)15-19(18)22(26)7-11-25(12-8-22)20(27)17-5-9-23-10-6-17/h5-6,9-10,16,18-19H,4,7-8,11-15H2,1-3H3/t18-,19+/m0/s1. The topological polar surface area (TPSA) is 56.8 Å². The molecule has 152 valence electrons. The van der Waals surface area contributed by atoms with Crippen LogP contribution in [0.3, 0.4) is 0 Å². The smallest absolute Gasteiger partial charge is 0.253 e. The Bertz CT molecular complexity index is 727. The molecule has 4 rings (SSSR count). The van der Waals surface area contributed by atoms with E-state index < -0.39 is 0 Å². The molecule has 0 aromatic carbocycles. The van der Waals surface area contributed by atoms with E-state index in [1.165, 1.54) is 0 Å². The van der Waals surface area contributed by atoms with Crippen molar-refractivity contribution in [1.29, 1.82) is 0 Å². The summed E-state index contributed by atoms with van der Waals surface area (Å²) in [5, 5.41) is 0. The van der Waals surface area contributed by atoms with E-state index in [0.29, 0.717) is 23.3 Å². The highest BCUT2D eigenvalue weighted by molar-refractivity contribution is 5.94. The summed E-state index contributed by atoms with van der Waals surface area (Å²) in [6.45, 7) is 11.8. The normalized spacial score (nSPS) is 27.1. The highest BCUT2D eigenvalue weighted by atomic mass is 16.2. The van der Waals surface area contributed by atoms with Gasteiger partial charge in [-0.15, -0.1) is 0 Å². The van der Waals surface area contributed by atoms with Crippen molar-refractivity contribution in [3.8, 4) is 0 Å². The first-order chi connectivity index (χ1) is 13.5.